The third-order valence-electron chi connectivity index (χ3n) is 1.37. The molecule has 0 bridgehead atoms. The van der Waals surface area contributed by atoms with E-state index in [1.54, 1.807) is 0 Å². The molecule has 0 saturated carbocycles. The summed E-state index contributed by atoms with van der Waals surface area (Å²) >= 11 is 0. The monoisotopic (exact) mass is 120 g/mol. The molecule has 1 N–H and O–H groups in total. The Morgan fingerprint density at radius 1 is 1.43 bits per heavy atom. The molecule has 0 amide bonds. The Balaban J connectivity index is 2.28. The topological polar surface area (TPSA) is 34.5 Å². The fourth-order valence-corrected chi connectivity index (χ4v) is 1.97. The van der Waals surface area contributed by atoms with Crippen LogP contribution in [0.15, 0.2) is 0 Å². The summed E-state index contributed by atoms with van der Waals surface area (Å²) < 4.78 is 5.06. The lowest BCUT2D eigenvalue weighted by molar-refractivity contribution is 0.464. The highest BCUT2D eigenvalue weighted by Crippen LogP contribution is 2.66. The van der Waals surface area contributed by atoms with Crippen LogP contribution in [0.4, 0.5) is 0 Å². The third-order valence-corrected chi connectivity index (χ3v) is 4.11. The average Bonchev–Trinajstić information content (AvgIpc) is 2.46. The van der Waals surface area contributed by atoms with Gasteiger partial charge in [-0.2, -0.15) is 0 Å². The maximum absolute atomic E-state index is 5.06. The van der Waals surface area contributed by atoms with Crippen molar-refractivity contribution in [2.45, 2.75) is 13.8 Å². The van der Waals surface area contributed by atoms with Crippen LogP contribution >= 0.6 is 7.64 Å². The second-order valence-corrected chi connectivity index (χ2v) is 5.11. The van der Waals surface area contributed by atoms with Gasteiger partial charge in [-0.15, -0.1) is 0 Å². The first-order valence-corrected chi connectivity index (χ1v) is 4.73. The van der Waals surface area contributed by atoms with Gasteiger partial charge in [0.1, 0.15) is 12.3 Å². The first-order chi connectivity index (χ1) is 3.33. The second kappa shape index (κ2) is 1.70. The Kier molecular flexibility index (Phi) is 1.33. The predicted octanol–water partition coefficient (Wildman–Crippen LogP) is 1.41. The third kappa shape index (κ3) is 0.933. The number of hydrogen-bond donors (Lipinski definition) is 1. The zero-order valence-corrected chi connectivity index (χ0v) is 5.66. The summed E-state index contributed by atoms with van der Waals surface area (Å²) in [7, 11) is -0.904. The first-order valence-electron chi connectivity index (χ1n) is 2.66. The van der Waals surface area contributed by atoms with E-state index in [0.717, 1.165) is 0 Å². The summed E-state index contributed by atoms with van der Waals surface area (Å²) in [6.07, 6.45) is 2.37. The molecule has 0 atom stereocenters. The van der Waals surface area contributed by atoms with Crippen LogP contribution in [0.5, 0.6) is 0 Å². The Hall–Kier alpha value is 0.350. The van der Waals surface area contributed by atoms with Crippen molar-refractivity contribution in [1.29, 1.82) is 0 Å². The van der Waals surface area contributed by atoms with Crippen molar-refractivity contribution in [3.63, 3.8) is 0 Å². The molecule has 1 aliphatic rings. The summed E-state index contributed by atoms with van der Waals surface area (Å²) in [5, 5.41) is 2.96. The van der Waals surface area contributed by atoms with Gasteiger partial charge < -0.3 is 0 Å². The van der Waals surface area contributed by atoms with Gasteiger partial charge in [-0.3, -0.25) is 0 Å². The van der Waals surface area contributed by atoms with E-state index in [1.165, 1.54) is 12.3 Å². The highest BCUT2D eigenvalue weighted by molar-refractivity contribution is 7.73. The molecular formula is C4H11NOP+. The largest absolute Gasteiger partial charge is 0.272 e. The highest BCUT2D eigenvalue weighted by Gasteiger charge is 2.53. The maximum Gasteiger partial charge on any atom is 0.272 e. The van der Waals surface area contributed by atoms with Crippen molar-refractivity contribution in [3.8, 4) is 0 Å². The van der Waals surface area contributed by atoms with E-state index in [2.05, 4.69) is 19.1 Å². The van der Waals surface area contributed by atoms with Crippen molar-refractivity contribution in [2.75, 3.05) is 12.3 Å². The lowest BCUT2D eigenvalue weighted by Crippen LogP contribution is -1.83. The zero-order valence-electron chi connectivity index (χ0n) is 4.77. The minimum Gasteiger partial charge on any atom is -0.0951 e. The maximum atomic E-state index is 5.06. The second-order valence-electron chi connectivity index (χ2n) is 1.70. The predicted molar refractivity (Wildman–Crippen MR) is 32.2 cm³/mol. The quantitative estimate of drug-likeness (QED) is 0.441. The van der Waals surface area contributed by atoms with Gasteiger partial charge in [0.25, 0.3) is 7.64 Å². The summed E-state index contributed by atoms with van der Waals surface area (Å²) in [5.41, 5.74) is 0. The Morgan fingerprint density at radius 2 is 1.86 bits per heavy atom. The van der Waals surface area contributed by atoms with Crippen molar-refractivity contribution >= 4 is 7.64 Å². The van der Waals surface area contributed by atoms with Crippen LogP contribution in [0.2, 0.25) is 0 Å². The molecule has 3 heteroatoms. The molecule has 0 spiro atoms. The Bertz CT molecular complexity index is 66.1. The van der Waals surface area contributed by atoms with Crippen LogP contribution in [-0.4, -0.2) is 12.3 Å². The molecule has 0 aliphatic carbocycles. The van der Waals surface area contributed by atoms with Crippen LogP contribution < -0.4 is 5.25 Å². The van der Waals surface area contributed by atoms with Crippen LogP contribution in [-0.2, 0) is 4.62 Å². The molecule has 0 aromatic heterocycles. The standard InChI is InChI=1S/C4H11NOP/c1-3-7(4-2)5-6-7/h5H,3-4H2,1-2H3/q+1. The van der Waals surface area contributed by atoms with E-state index in [9.17, 15) is 0 Å². The van der Waals surface area contributed by atoms with Crippen molar-refractivity contribution in [2.24, 2.45) is 0 Å². The first kappa shape index (κ1) is 5.49. The molecule has 0 aromatic rings. The molecule has 0 unspecified atom stereocenters. The molecule has 2 nitrogen and oxygen atoms in total. The molecule has 1 fully saturated rings. The van der Waals surface area contributed by atoms with Gasteiger partial charge in [-0.05, 0) is 19.1 Å². The molecule has 7 heavy (non-hydrogen) atoms. The number of nitrogens with one attached hydrogen (secondary N) is 1. The van der Waals surface area contributed by atoms with Gasteiger partial charge in [-0.25, -0.2) is 0 Å². The number of hydrogen-bond acceptors (Lipinski definition) is 2. The summed E-state index contributed by atoms with van der Waals surface area (Å²) in [6.45, 7) is 4.33. The van der Waals surface area contributed by atoms with Crippen molar-refractivity contribution in [3.05, 3.63) is 0 Å². The lowest BCUT2D eigenvalue weighted by atomic mass is 11.0. The van der Waals surface area contributed by atoms with Gasteiger partial charge >= 0.3 is 0 Å². The fourth-order valence-electron chi connectivity index (χ4n) is 0.540. The van der Waals surface area contributed by atoms with Gasteiger partial charge in [0.2, 0.25) is 0 Å². The van der Waals surface area contributed by atoms with E-state index >= 15 is 0 Å². The zero-order chi connectivity index (χ0) is 5.33. The van der Waals surface area contributed by atoms with Crippen LogP contribution in [0.3, 0.4) is 0 Å². The van der Waals surface area contributed by atoms with Crippen LogP contribution in [0, 0.1) is 0 Å². The summed E-state index contributed by atoms with van der Waals surface area (Å²) in [4.78, 5) is 0. The van der Waals surface area contributed by atoms with Crippen molar-refractivity contribution < 1.29 is 4.62 Å². The lowest BCUT2D eigenvalue weighted by Gasteiger charge is -1.86. The molecule has 42 valence electrons. The van der Waals surface area contributed by atoms with Crippen LogP contribution in [0.25, 0.3) is 0 Å². The fraction of sp³-hybridized carbons (Fsp3) is 1.00. The Morgan fingerprint density at radius 3 is 1.86 bits per heavy atom. The van der Waals surface area contributed by atoms with Gasteiger partial charge in [0, 0.05) is 0 Å². The van der Waals surface area contributed by atoms with E-state index in [0.29, 0.717) is 0 Å². The van der Waals surface area contributed by atoms with E-state index in [-0.39, 0.29) is 0 Å². The van der Waals surface area contributed by atoms with Crippen molar-refractivity contribution in [1.82, 2.24) is 5.25 Å². The smallest absolute Gasteiger partial charge is 0.0951 e. The van der Waals surface area contributed by atoms with Gasteiger partial charge in [-0.1, -0.05) is 4.62 Å². The Labute approximate surface area is 44.7 Å². The summed E-state index contributed by atoms with van der Waals surface area (Å²) in [5.74, 6) is 0. The molecule has 1 rings (SSSR count). The van der Waals surface area contributed by atoms with Crippen LogP contribution in [0.1, 0.15) is 13.8 Å². The molecule has 0 radical (unpaired) electrons. The molecule has 0 aromatic carbocycles. The molecular weight excluding hydrogens is 109 g/mol. The normalized spacial score (nSPS) is 24.9. The summed E-state index contributed by atoms with van der Waals surface area (Å²) in [6, 6.07) is 0. The van der Waals surface area contributed by atoms with Gasteiger partial charge in [0.15, 0.2) is 0 Å². The van der Waals surface area contributed by atoms with E-state index in [1.807, 2.05) is 0 Å². The molecule has 1 saturated heterocycles. The van der Waals surface area contributed by atoms with E-state index in [4.69, 9.17) is 4.62 Å². The highest BCUT2D eigenvalue weighted by atomic mass is 31.2. The average molecular weight is 120 g/mol. The number of rotatable bonds is 2. The minimum absolute atomic E-state index is 0.904. The molecule has 1 heterocycles. The van der Waals surface area contributed by atoms with E-state index < -0.39 is 7.64 Å². The molecule has 1 aliphatic heterocycles. The SMILES string of the molecule is CC[P+]1(CC)NO1. The van der Waals surface area contributed by atoms with Gasteiger partial charge in [0.05, 0.1) is 0 Å². The minimum atomic E-state index is -0.904.